The zero-order valence-corrected chi connectivity index (χ0v) is 20.6. The van der Waals surface area contributed by atoms with E-state index in [2.05, 4.69) is 15.1 Å². The Morgan fingerprint density at radius 2 is 1.83 bits per heavy atom. The minimum absolute atomic E-state index is 0.0355. The fraction of sp³-hybridized carbons (Fsp3) is 0.296. The summed E-state index contributed by atoms with van der Waals surface area (Å²) in [5, 5.41) is 2.64. The van der Waals surface area contributed by atoms with Gasteiger partial charge in [-0.25, -0.2) is 9.24 Å². The number of anilines is 1. The van der Waals surface area contributed by atoms with E-state index in [1.807, 2.05) is 32.9 Å². The van der Waals surface area contributed by atoms with Crippen LogP contribution in [0, 0.1) is 33.2 Å². The monoisotopic (exact) mass is 474 g/mol. The van der Waals surface area contributed by atoms with Crippen LogP contribution in [0.2, 0.25) is 0 Å². The number of nitrogens with zero attached hydrogens (tertiary/aromatic N) is 3. The quantitative estimate of drug-likeness (QED) is 0.282. The second-order valence-electron chi connectivity index (χ2n) is 9.26. The van der Waals surface area contributed by atoms with E-state index in [0.29, 0.717) is 17.0 Å². The summed E-state index contributed by atoms with van der Waals surface area (Å²) in [4.78, 5) is 46.8. The van der Waals surface area contributed by atoms with Crippen LogP contribution in [0.4, 0.5) is 15.8 Å². The Hall–Kier alpha value is -4.12. The zero-order valence-electron chi connectivity index (χ0n) is 20.6. The molecule has 180 valence electrons. The average Bonchev–Trinajstić information content (AvgIpc) is 3.02. The van der Waals surface area contributed by atoms with Crippen LogP contribution < -0.4 is 5.32 Å². The highest BCUT2D eigenvalue weighted by molar-refractivity contribution is 6.44. The molecule has 3 rings (SSSR count). The van der Waals surface area contributed by atoms with E-state index in [1.54, 1.807) is 31.7 Å². The Kier molecular flexibility index (Phi) is 7.01. The number of hydrogen-bond acceptors (Lipinski definition) is 4. The summed E-state index contributed by atoms with van der Waals surface area (Å²) < 4.78 is 15.2. The summed E-state index contributed by atoms with van der Waals surface area (Å²) in [5.41, 5.74) is 2.34. The largest absolute Gasteiger partial charge is 0.343 e. The molecule has 1 N–H and O–H groups in total. The Morgan fingerprint density at radius 1 is 1.14 bits per heavy atom. The summed E-state index contributed by atoms with van der Waals surface area (Å²) in [6, 6.07) is 7.45. The summed E-state index contributed by atoms with van der Waals surface area (Å²) in [7, 11) is 1.63. The molecule has 1 aromatic carbocycles. The van der Waals surface area contributed by atoms with E-state index < -0.39 is 28.7 Å². The highest BCUT2D eigenvalue weighted by Gasteiger charge is 2.33. The van der Waals surface area contributed by atoms with Gasteiger partial charge in [0, 0.05) is 42.2 Å². The van der Waals surface area contributed by atoms with Gasteiger partial charge in [0.15, 0.2) is 0 Å². The van der Waals surface area contributed by atoms with Gasteiger partial charge in [0.25, 0.3) is 5.91 Å². The molecule has 0 unspecified atom stereocenters. The number of nitrogens with one attached hydrogen (secondary N) is 1. The third-order valence-electron chi connectivity index (χ3n) is 6.16. The number of ketones is 2. The third-order valence-corrected chi connectivity index (χ3v) is 6.16. The molecule has 0 aliphatic heterocycles. The maximum absolute atomic E-state index is 13.6. The van der Waals surface area contributed by atoms with E-state index in [4.69, 9.17) is 6.57 Å². The number of amides is 1. The first kappa shape index (κ1) is 25.5. The predicted octanol–water partition coefficient (Wildman–Crippen LogP) is 5.41. The Morgan fingerprint density at radius 3 is 2.43 bits per heavy atom. The normalized spacial score (nSPS) is 11.1. The van der Waals surface area contributed by atoms with Crippen molar-refractivity contribution in [2.75, 3.05) is 5.32 Å². The van der Waals surface area contributed by atoms with Crippen LogP contribution in [0.1, 0.15) is 63.6 Å². The summed E-state index contributed by atoms with van der Waals surface area (Å²) in [6.45, 7) is 16.0. The van der Waals surface area contributed by atoms with Gasteiger partial charge in [-0.1, -0.05) is 19.9 Å². The highest BCUT2D eigenvalue weighted by atomic mass is 19.1. The van der Waals surface area contributed by atoms with Crippen LogP contribution in [0.3, 0.4) is 0 Å². The maximum Gasteiger partial charge on any atom is 0.272 e. The van der Waals surface area contributed by atoms with E-state index in [-0.39, 0.29) is 29.1 Å². The molecule has 2 aromatic heterocycles. The first-order valence-corrected chi connectivity index (χ1v) is 11.0. The Bertz CT molecular complexity index is 1380. The molecule has 0 bridgehead atoms. The number of Topliss-reactive ketones (excluding diaryl/α,β-unsaturated/α-hetero) is 2. The number of aryl methyl sites for hydroxylation is 1. The number of hydrogen-bond donors (Lipinski definition) is 1. The Balaban J connectivity index is 1.87. The smallest absolute Gasteiger partial charge is 0.272 e. The van der Waals surface area contributed by atoms with Crippen molar-refractivity contribution in [1.29, 1.82) is 0 Å². The summed E-state index contributed by atoms with van der Waals surface area (Å²) >= 11 is 0. The van der Waals surface area contributed by atoms with E-state index in [0.717, 1.165) is 11.6 Å². The van der Waals surface area contributed by atoms with E-state index in [9.17, 15) is 18.8 Å². The van der Waals surface area contributed by atoms with Gasteiger partial charge in [0.2, 0.25) is 17.3 Å². The first-order chi connectivity index (χ1) is 16.4. The lowest BCUT2D eigenvalue weighted by Crippen LogP contribution is -2.28. The minimum atomic E-state index is -0.681. The molecule has 0 aliphatic carbocycles. The van der Waals surface area contributed by atoms with Crippen molar-refractivity contribution in [1.82, 2.24) is 9.55 Å². The minimum Gasteiger partial charge on any atom is -0.343 e. The molecule has 1 amide bonds. The lowest BCUT2D eigenvalue weighted by Gasteiger charge is -2.23. The number of aromatic nitrogens is 2. The van der Waals surface area contributed by atoms with Gasteiger partial charge >= 0.3 is 0 Å². The van der Waals surface area contributed by atoms with Crippen LogP contribution in [-0.4, -0.2) is 27.0 Å². The number of benzene rings is 1. The van der Waals surface area contributed by atoms with E-state index in [1.165, 1.54) is 12.1 Å². The van der Waals surface area contributed by atoms with Gasteiger partial charge in [-0.3, -0.25) is 19.4 Å². The van der Waals surface area contributed by atoms with Crippen molar-refractivity contribution in [3.8, 4) is 0 Å². The fourth-order valence-corrected chi connectivity index (χ4v) is 4.08. The fourth-order valence-electron chi connectivity index (χ4n) is 4.08. The molecule has 2 heterocycles. The van der Waals surface area contributed by atoms with Crippen molar-refractivity contribution in [2.45, 2.75) is 46.5 Å². The molecule has 0 fully saturated rings. The van der Waals surface area contributed by atoms with Gasteiger partial charge in [-0.15, -0.1) is 0 Å². The summed E-state index contributed by atoms with van der Waals surface area (Å²) in [6.07, 6.45) is 1.69. The lowest BCUT2D eigenvalue weighted by molar-refractivity contribution is -0.116. The van der Waals surface area contributed by atoms with Crippen LogP contribution >= 0.6 is 0 Å². The molecule has 0 saturated heterocycles. The first-order valence-electron chi connectivity index (χ1n) is 11.0. The van der Waals surface area contributed by atoms with Gasteiger partial charge < -0.3 is 9.88 Å². The maximum atomic E-state index is 13.6. The third kappa shape index (κ3) is 5.04. The standard InChI is InChI=1S/C27H27FN4O3/c1-15-8-11-22(30-14-15)27(4,5)13-21(33)25(34)23-16(2)24(32(7)17(23)3)26(35)31-18-9-10-19(28)20(12-18)29-6/h8-12,14H,13H2,1-5,7H3,(H,31,35). The molecule has 0 atom stereocenters. The van der Waals surface area contributed by atoms with Gasteiger partial charge in [0.05, 0.1) is 12.1 Å². The molecular formula is C27H27FN4O3. The van der Waals surface area contributed by atoms with Crippen molar-refractivity contribution >= 4 is 28.8 Å². The molecule has 0 saturated carbocycles. The van der Waals surface area contributed by atoms with Crippen LogP contribution in [0.5, 0.6) is 0 Å². The SMILES string of the molecule is [C-]#[N+]c1cc(NC(=O)c2c(C)c(C(=O)C(=O)CC(C)(C)c3ccc(C)cn3)c(C)n2C)ccc1F. The molecule has 7 nitrogen and oxygen atoms in total. The van der Waals surface area contributed by atoms with Crippen LogP contribution in [0.15, 0.2) is 36.5 Å². The van der Waals surface area contributed by atoms with Gasteiger partial charge in [-0.05, 0) is 56.2 Å². The highest BCUT2D eigenvalue weighted by Crippen LogP contribution is 2.29. The number of halogens is 1. The predicted molar refractivity (Wildman–Crippen MR) is 131 cm³/mol. The molecule has 3 aromatic rings. The number of rotatable bonds is 7. The molecule has 8 heteroatoms. The zero-order chi connectivity index (χ0) is 26.1. The van der Waals surface area contributed by atoms with E-state index >= 15 is 0 Å². The Labute approximate surface area is 203 Å². The van der Waals surface area contributed by atoms with Gasteiger partial charge in [-0.2, -0.15) is 0 Å². The number of pyridine rings is 1. The second kappa shape index (κ2) is 9.63. The van der Waals surface area contributed by atoms with Crippen LogP contribution in [0.25, 0.3) is 4.85 Å². The number of carbonyl (C=O) groups excluding carboxylic acids is 3. The van der Waals surface area contributed by atoms with Crippen molar-refractivity contribution in [2.24, 2.45) is 7.05 Å². The second-order valence-corrected chi connectivity index (χ2v) is 9.26. The van der Waals surface area contributed by atoms with Gasteiger partial charge in [0.1, 0.15) is 11.5 Å². The topological polar surface area (TPSA) is 85.4 Å². The molecule has 35 heavy (non-hydrogen) atoms. The van der Waals surface area contributed by atoms with Crippen LogP contribution in [-0.2, 0) is 17.3 Å². The average molecular weight is 475 g/mol. The number of carbonyl (C=O) groups is 3. The molecule has 0 aliphatic rings. The van der Waals surface area contributed by atoms with Crippen molar-refractivity contribution in [3.05, 3.63) is 87.5 Å². The lowest BCUT2D eigenvalue weighted by atomic mass is 9.81. The molecular weight excluding hydrogens is 447 g/mol. The van der Waals surface area contributed by atoms with Crippen molar-refractivity contribution in [3.63, 3.8) is 0 Å². The summed E-state index contributed by atoms with van der Waals surface area (Å²) in [5.74, 6) is -2.45. The molecule has 0 radical (unpaired) electrons. The molecule has 0 spiro atoms. The van der Waals surface area contributed by atoms with Crippen molar-refractivity contribution < 1.29 is 18.8 Å².